The second kappa shape index (κ2) is 5.40. The highest BCUT2D eigenvalue weighted by molar-refractivity contribution is 5.80. The van der Waals surface area contributed by atoms with Crippen LogP contribution in [0, 0.1) is 0 Å². The van der Waals surface area contributed by atoms with Crippen molar-refractivity contribution in [3.8, 4) is 5.75 Å². The van der Waals surface area contributed by atoms with E-state index in [1.807, 2.05) is 6.07 Å². The van der Waals surface area contributed by atoms with E-state index in [2.05, 4.69) is 0 Å². The van der Waals surface area contributed by atoms with E-state index >= 15 is 0 Å². The number of rotatable bonds is 5. The second-order valence-corrected chi connectivity index (χ2v) is 3.28. The lowest BCUT2D eigenvalue weighted by atomic mass is 10.1. The molecule has 0 atom stereocenters. The van der Waals surface area contributed by atoms with Crippen LogP contribution >= 0.6 is 0 Å². The van der Waals surface area contributed by atoms with Crippen molar-refractivity contribution < 1.29 is 9.90 Å². The van der Waals surface area contributed by atoms with Crippen LogP contribution in [0.1, 0.15) is 18.4 Å². The number of ketones is 1. The summed E-state index contributed by atoms with van der Waals surface area (Å²) in [7, 11) is 0. The fraction of sp³-hybridized carbons (Fsp3) is 0.364. The average Bonchev–Trinajstić information content (AvgIpc) is 2.15. The molecule has 0 bridgehead atoms. The number of nitrogens with two attached hydrogens (primary N) is 1. The molecule has 0 amide bonds. The molecule has 0 spiro atoms. The van der Waals surface area contributed by atoms with E-state index in [1.54, 1.807) is 18.2 Å². The number of hydrogen-bond acceptors (Lipinski definition) is 3. The average molecular weight is 193 g/mol. The number of hydrogen-bond donors (Lipinski definition) is 2. The summed E-state index contributed by atoms with van der Waals surface area (Å²) >= 11 is 0. The molecule has 0 aliphatic rings. The largest absolute Gasteiger partial charge is 0.508 e. The highest BCUT2D eigenvalue weighted by Gasteiger charge is 2.03. The maximum Gasteiger partial charge on any atom is 0.137 e. The van der Waals surface area contributed by atoms with Crippen LogP contribution in [-0.4, -0.2) is 17.4 Å². The Bertz CT molecular complexity index is 310. The quantitative estimate of drug-likeness (QED) is 0.739. The van der Waals surface area contributed by atoms with Crippen LogP contribution in [0.3, 0.4) is 0 Å². The van der Waals surface area contributed by atoms with E-state index in [0.717, 1.165) is 12.0 Å². The summed E-state index contributed by atoms with van der Waals surface area (Å²) in [5.74, 6) is 0.371. The van der Waals surface area contributed by atoms with Gasteiger partial charge in [-0.3, -0.25) is 4.79 Å². The van der Waals surface area contributed by atoms with Gasteiger partial charge in [0.2, 0.25) is 0 Å². The van der Waals surface area contributed by atoms with Crippen LogP contribution in [0.15, 0.2) is 24.3 Å². The van der Waals surface area contributed by atoms with Gasteiger partial charge in [0.05, 0.1) is 0 Å². The maximum absolute atomic E-state index is 11.3. The first-order chi connectivity index (χ1) is 6.72. The van der Waals surface area contributed by atoms with E-state index < -0.39 is 0 Å². The van der Waals surface area contributed by atoms with Crippen molar-refractivity contribution in [1.82, 2.24) is 0 Å². The van der Waals surface area contributed by atoms with Crippen molar-refractivity contribution in [2.75, 3.05) is 6.54 Å². The van der Waals surface area contributed by atoms with Gasteiger partial charge in [0.25, 0.3) is 0 Å². The van der Waals surface area contributed by atoms with Crippen LogP contribution in [0.5, 0.6) is 5.75 Å². The molecule has 1 aromatic carbocycles. The first-order valence-corrected chi connectivity index (χ1v) is 4.72. The van der Waals surface area contributed by atoms with Crippen molar-refractivity contribution in [3.05, 3.63) is 29.8 Å². The Morgan fingerprint density at radius 1 is 1.43 bits per heavy atom. The molecular formula is C11H15NO2. The van der Waals surface area contributed by atoms with Crippen LogP contribution in [0.4, 0.5) is 0 Å². The number of benzene rings is 1. The minimum absolute atomic E-state index is 0.168. The highest BCUT2D eigenvalue weighted by atomic mass is 16.3. The molecule has 0 unspecified atom stereocenters. The summed E-state index contributed by atoms with van der Waals surface area (Å²) < 4.78 is 0. The molecule has 1 rings (SSSR count). The van der Waals surface area contributed by atoms with Gasteiger partial charge in [-0.1, -0.05) is 12.1 Å². The van der Waals surface area contributed by atoms with Gasteiger partial charge in [-0.15, -0.1) is 0 Å². The third kappa shape index (κ3) is 3.58. The Kier molecular flexibility index (Phi) is 4.13. The minimum Gasteiger partial charge on any atom is -0.508 e. The van der Waals surface area contributed by atoms with Crippen LogP contribution in [0.2, 0.25) is 0 Å². The molecular weight excluding hydrogens is 178 g/mol. The third-order valence-electron chi connectivity index (χ3n) is 1.97. The molecule has 3 nitrogen and oxygen atoms in total. The lowest BCUT2D eigenvalue weighted by Gasteiger charge is -2.00. The summed E-state index contributed by atoms with van der Waals surface area (Å²) in [5, 5.41) is 9.17. The second-order valence-electron chi connectivity index (χ2n) is 3.28. The van der Waals surface area contributed by atoms with Gasteiger partial charge in [-0.25, -0.2) is 0 Å². The molecule has 76 valence electrons. The summed E-state index contributed by atoms with van der Waals surface area (Å²) in [6.45, 7) is 0.547. The van der Waals surface area contributed by atoms with Crippen molar-refractivity contribution >= 4 is 5.78 Å². The first kappa shape index (κ1) is 10.7. The zero-order valence-corrected chi connectivity index (χ0v) is 8.07. The number of carbonyl (C=O) groups is 1. The van der Waals surface area contributed by atoms with E-state index in [9.17, 15) is 9.90 Å². The molecule has 1 aromatic rings. The van der Waals surface area contributed by atoms with Gasteiger partial charge in [0.1, 0.15) is 11.5 Å². The van der Waals surface area contributed by atoms with Crippen LogP contribution < -0.4 is 5.73 Å². The monoisotopic (exact) mass is 193 g/mol. The van der Waals surface area contributed by atoms with Crippen molar-refractivity contribution in [1.29, 1.82) is 0 Å². The predicted molar refractivity (Wildman–Crippen MR) is 55.1 cm³/mol. The van der Waals surface area contributed by atoms with E-state index in [0.29, 0.717) is 19.4 Å². The van der Waals surface area contributed by atoms with Gasteiger partial charge < -0.3 is 10.8 Å². The predicted octanol–water partition coefficient (Wildman–Crippen LogP) is 1.24. The zero-order valence-electron chi connectivity index (χ0n) is 8.07. The highest BCUT2D eigenvalue weighted by Crippen LogP contribution is 2.12. The molecule has 3 N–H and O–H groups in total. The SMILES string of the molecule is NCCCC(=O)Cc1cccc(O)c1. The topological polar surface area (TPSA) is 63.3 Å². The van der Waals surface area contributed by atoms with Gasteiger partial charge in [0.15, 0.2) is 0 Å². The standard InChI is InChI=1S/C11H15NO2/c12-6-2-5-11(14)8-9-3-1-4-10(13)7-9/h1,3-4,7,13H,2,5-6,8,12H2. The maximum atomic E-state index is 11.3. The van der Waals surface area contributed by atoms with Crippen molar-refractivity contribution in [3.63, 3.8) is 0 Å². The third-order valence-corrected chi connectivity index (χ3v) is 1.97. The van der Waals surface area contributed by atoms with E-state index in [4.69, 9.17) is 5.73 Å². The van der Waals surface area contributed by atoms with Crippen LogP contribution in [0.25, 0.3) is 0 Å². The number of phenols is 1. The van der Waals surface area contributed by atoms with Gasteiger partial charge in [-0.05, 0) is 30.7 Å². The van der Waals surface area contributed by atoms with Gasteiger partial charge >= 0.3 is 0 Å². The van der Waals surface area contributed by atoms with Crippen molar-refractivity contribution in [2.24, 2.45) is 5.73 Å². The van der Waals surface area contributed by atoms with E-state index in [-0.39, 0.29) is 11.5 Å². The number of carbonyl (C=O) groups excluding carboxylic acids is 1. The molecule has 3 heteroatoms. The number of phenolic OH excluding ortho intramolecular Hbond substituents is 1. The fourth-order valence-corrected chi connectivity index (χ4v) is 1.28. The number of aromatic hydroxyl groups is 1. The summed E-state index contributed by atoms with van der Waals surface area (Å²) in [4.78, 5) is 11.3. The lowest BCUT2D eigenvalue weighted by molar-refractivity contribution is -0.118. The molecule has 0 saturated carbocycles. The Hall–Kier alpha value is -1.35. The molecule has 0 heterocycles. The van der Waals surface area contributed by atoms with Crippen molar-refractivity contribution in [2.45, 2.75) is 19.3 Å². The molecule has 0 aliphatic heterocycles. The Morgan fingerprint density at radius 2 is 2.21 bits per heavy atom. The first-order valence-electron chi connectivity index (χ1n) is 4.72. The van der Waals surface area contributed by atoms with Gasteiger partial charge in [-0.2, -0.15) is 0 Å². The Morgan fingerprint density at radius 3 is 2.86 bits per heavy atom. The summed E-state index contributed by atoms with van der Waals surface area (Å²) in [6, 6.07) is 6.77. The molecule has 0 fully saturated rings. The molecule has 0 radical (unpaired) electrons. The number of Topliss-reactive ketones (excluding diaryl/α,β-unsaturated/α-hetero) is 1. The summed E-state index contributed by atoms with van der Waals surface area (Å²) in [5.41, 5.74) is 6.16. The molecule has 0 saturated heterocycles. The normalized spacial score (nSPS) is 10.1. The van der Waals surface area contributed by atoms with Gasteiger partial charge in [0, 0.05) is 12.8 Å². The zero-order chi connectivity index (χ0) is 10.4. The minimum atomic E-state index is 0.168. The molecule has 0 aliphatic carbocycles. The van der Waals surface area contributed by atoms with E-state index in [1.165, 1.54) is 0 Å². The summed E-state index contributed by atoms with van der Waals surface area (Å²) in [6.07, 6.45) is 1.64. The smallest absolute Gasteiger partial charge is 0.137 e. The van der Waals surface area contributed by atoms with Crippen LogP contribution in [-0.2, 0) is 11.2 Å². The Labute approximate surface area is 83.6 Å². The fourth-order valence-electron chi connectivity index (χ4n) is 1.28. The Balaban J connectivity index is 2.47. The lowest BCUT2D eigenvalue weighted by Crippen LogP contribution is -2.06. The molecule has 14 heavy (non-hydrogen) atoms. The molecule has 0 aromatic heterocycles.